The smallest absolute Gasteiger partial charge is 0.213 e. The molecule has 5 heterocycles. The summed E-state index contributed by atoms with van der Waals surface area (Å²) in [6.07, 6.45) is 5.60. The minimum atomic E-state index is 0. The van der Waals surface area contributed by atoms with Gasteiger partial charge >= 0.3 is 0 Å². The van der Waals surface area contributed by atoms with Gasteiger partial charge in [-0.3, -0.25) is 9.97 Å². The average Bonchev–Trinajstić information content (AvgIpc) is 3.47. The number of ether oxygens (including phenoxy) is 2. The maximum atomic E-state index is 6.49. The number of likely N-dealkylation sites (tertiary alicyclic amines) is 1. The second-order valence-electron chi connectivity index (χ2n) is 8.17. The molecule has 176 valence electrons. The highest BCUT2D eigenvalue weighted by atomic mass is 35.5. The molecule has 1 fully saturated rings. The average molecular weight is 508 g/mol. The van der Waals surface area contributed by atoms with Crippen LogP contribution in [0.3, 0.4) is 0 Å². The third-order valence-corrected chi connectivity index (χ3v) is 7.24. The number of methoxy groups -OCH3 is 1. The van der Waals surface area contributed by atoms with Gasteiger partial charge in [-0.2, -0.15) is 0 Å². The van der Waals surface area contributed by atoms with E-state index in [1.165, 1.54) is 11.3 Å². The third kappa shape index (κ3) is 5.63. The third-order valence-electron chi connectivity index (χ3n) is 6.05. The summed E-state index contributed by atoms with van der Waals surface area (Å²) in [5.41, 5.74) is 3.79. The number of rotatable bonds is 8. The van der Waals surface area contributed by atoms with E-state index in [2.05, 4.69) is 31.2 Å². The molecule has 2 aliphatic heterocycles. The molecule has 0 spiro atoms. The summed E-state index contributed by atoms with van der Waals surface area (Å²) in [4.78, 5) is 17.2. The van der Waals surface area contributed by atoms with Gasteiger partial charge in [0, 0.05) is 37.5 Å². The Hall–Kier alpha value is -1.84. The van der Waals surface area contributed by atoms with Crippen LogP contribution in [0.4, 0.5) is 0 Å². The van der Waals surface area contributed by atoms with E-state index in [0.29, 0.717) is 22.8 Å². The normalized spacial score (nSPS) is 17.6. The zero-order chi connectivity index (χ0) is 21.9. The minimum Gasteiger partial charge on any atom is -0.481 e. The van der Waals surface area contributed by atoms with E-state index >= 15 is 0 Å². The van der Waals surface area contributed by atoms with Gasteiger partial charge < -0.3 is 19.7 Å². The molecule has 3 aromatic rings. The molecular weight excluding hydrogens is 481 g/mol. The van der Waals surface area contributed by atoms with Crippen LogP contribution in [0.2, 0.25) is 5.02 Å². The second kappa shape index (κ2) is 11.1. The molecule has 0 radical (unpaired) electrons. The largest absolute Gasteiger partial charge is 0.481 e. The van der Waals surface area contributed by atoms with Crippen molar-refractivity contribution >= 4 is 46.8 Å². The molecule has 33 heavy (non-hydrogen) atoms. The summed E-state index contributed by atoms with van der Waals surface area (Å²) in [6.45, 7) is 4.94. The highest BCUT2D eigenvalue weighted by Crippen LogP contribution is 2.35. The van der Waals surface area contributed by atoms with Crippen molar-refractivity contribution in [2.24, 2.45) is 5.92 Å². The summed E-state index contributed by atoms with van der Waals surface area (Å²) in [5, 5.41) is 4.25. The summed E-state index contributed by atoms with van der Waals surface area (Å²) < 4.78 is 10.8. The molecule has 1 saturated heterocycles. The van der Waals surface area contributed by atoms with Crippen molar-refractivity contribution in [2.75, 3.05) is 39.2 Å². The quantitative estimate of drug-likeness (QED) is 0.486. The van der Waals surface area contributed by atoms with E-state index in [-0.39, 0.29) is 12.4 Å². The molecule has 0 unspecified atom stereocenters. The molecule has 5 rings (SSSR count). The van der Waals surface area contributed by atoms with E-state index in [9.17, 15) is 0 Å². The monoisotopic (exact) mass is 507 g/mol. The van der Waals surface area contributed by atoms with Gasteiger partial charge in [0.2, 0.25) is 5.88 Å². The van der Waals surface area contributed by atoms with E-state index in [1.807, 2.05) is 18.3 Å². The Morgan fingerprint density at radius 1 is 1.30 bits per heavy atom. The lowest BCUT2D eigenvalue weighted by Gasteiger charge is -2.17. The van der Waals surface area contributed by atoms with E-state index in [0.717, 1.165) is 67.2 Å². The molecule has 1 atom stereocenters. The zero-order valence-electron chi connectivity index (χ0n) is 18.4. The fourth-order valence-electron chi connectivity index (χ4n) is 4.32. The van der Waals surface area contributed by atoms with Gasteiger partial charge in [0.15, 0.2) is 5.75 Å². The maximum Gasteiger partial charge on any atom is 0.213 e. The highest BCUT2D eigenvalue weighted by Gasteiger charge is 2.23. The molecule has 0 bridgehead atoms. The molecule has 0 aliphatic carbocycles. The number of fused-ring (bicyclic) bond motifs is 2. The summed E-state index contributed by atoms with van der Waals surface area (Å²) >= 11 is 8.21. The first kappa shape index (κ1) is 24.3. The molecule has 1 N–H and O–H groups in total. The van der Waals surface area contributed by atoms with Crippen LogP contribution in [-0.2, 0) is 13.0 Å². The Morgan fingerprint density at radius 2 is 2.21 bits per heavy atom. The Bertz CT molecular complexity index is 1120. The lowest BCUT2D eigenvalue weighted by molar-refractivity contribution is 0.325. The van der Waals surface area contributed by atoms with Gasteiger partial charge in [0.25, 0.3) is 0 Å². The number of hydrogen-bond donors (Lipinski definition) is 1. The van der Waals surface area contributed by atoms with Gasteiger partial charge in [-0.15, -0.1) is 12.4 Å². The van der Waals surface area contributed by atoms with Gasteiger partial charge in [-0.05, 0) is 44.0 Å². The molecule has 3 aromatic heterocycles. The summed E-state index contributed by atoms with van der Waals surface area (Å²) in [7, 11) is 1.62. The predicted octanol–water partition coefficient (Wildman–Crippen LogP) is 4.20. The number of pyridine rings is 3. The van der Waals surface area contributed by atoms with Crippen LogP contribution < -0.4 is 14.8 Å². The van der Waals surface area contributed by atoms with Gasteiger partial charge in [0.05, 0.1) is 40.0 Å². The number of thioether (sulfide) groups is 1. The first-order chi connectivity index (χ1) is 15.7. The van der Waals surface area contributed by atoms with Gasteiger partial charge in [0.1, 0.15) is 5.94 Å². The lowest BCUT2D eigenvalue weighted by Crippen LogP contribution is -2.27. The van der Waals surface area contributed by atoms with Crippen molar-refractivity contribution in [3.63, 3.8) is 0 Å². The fraction of sp³-hybridized carbons (Fsp3) is 0.435. The Kier molecular flexibility index (Phi) is 8.14. The number of aromatic nitrogens is 3. The minimum absolute atomic E-state index is 0. The van der Waals surface area contributed by atoms with Crippen LogP contribution >= 0.6 is 35.8 Å². The van der Waals surface area contributed by atoms with Crippen molar-refractivity contribution in [1.82, 2.24) is 25.2 Å². The van der Waals surface area contributed by atoms with Crippen LogP contribution in [0.5, 0.6) is 11.6 Å². The maximum absolute atomic E-state index is 6.49. The van der Waals surface area contributed by atoms with Crippen LogP contribution in [-0.4, -0.2) is 59.1 Å². The molecular formula is C23H27Cl2N5O2S. The topological polar surface area (TPSA) is 72.4 Å². The second-order valence-corrected chi connectivity index (χ2v) is 9.54. The lowest BCUT2D eigenvalue weighted by atomic mass is 10.1. The van der Waals surface area contributed by atoms with E-state index in [4.69, 9.17) is 21.1 Å². The number of nitrogens with one attached hydrogen (secondary N) is 1. The summed E-state index contributed by atoms with van der Waals surface area (Å²) in [5.74, 6) is 2.82. The SMILES string of the molecule is COc1ccc2ncc(Cl)c(CCN3CC[C@@H](CNCc4cc5c(cn4)OCS5)C3)c2n1.Cl. The first-order valence-electron chi connectivity index (χ1n) is 10.9. The molecule has 0 saturated carbocycles. The number of nitrogens with zero attached hydrogens (tertiary/aromatic N) is 4. The molecule has 7 nitrogen and oxygen atoms in total. The molecule has 10 heteroatoms. The fourth-order valence-corrected chi connectivity index (χ4v) is 5.34. The predicted molar refractivity (Wildman–Crippen MR) is 134 cm³/mol. The van der Waals surface area contributed by atoms with Crippen molar-refractivity contribution in [3.8, 4) is 11.6 Å². The number of hydrogen-bond acceptors (Lipinski definition) is 8. The number of halogens is 2. The van der Waals surface area contributed by atoms with Crippen molar-refractivity contribution in [3.05, 3.63) is 46.9 Å². The molecule has 0 aromatic carbocycles. The van der Waals surface area contributed by atoms with E-state index in [1.54, 1.807) is 25.1 Å². The van der Waals surface area contributed by atoms with Crippen molar-refractivity contribution in [1.29, 1.82) is 0 Å². The van der Waals surface area contributed by atoms with Gasteiger partial charge in [-0.1, -0.05) is 23.4 Å². The van der Waals surface area contributed by atoms with Crippen LogP contribution in [0.15, 0.2) is 35.5 Å². The van der Waals surface area contributed by atoms with Crippen molar-refractivity contribution in [2.45, 2.75) is 24.3 Å². The molecule has 2 aliphatic rings. The Labute approximate surface area is 209 Å². The standard InChI is InChI=1S/C23H26ClN5O2S.ClH/c1-30-22-3-2-19-23(28-22)17(18(24)11-27-19)5-7-29-6-4-15(13-29)9-25-10-16-8-21-20(12-26-16)31-14-32-21;/h2-3,8,11-12,15,25H,4-7,9-10,13-14H2,1H3;1H/t15-;/m0./s1. The van der Waals surface area contributed by atoms with Crippen LogP contribution in [0.25, 0.3) is 11.0 Å². The Morgan fingerprint density at radius 3 is 3.09 bits per heavy atom. The van der Waals surface area contributed by atoms with Crippen LogP contribution in [0.1, 0.15) is 17.7 Å². The zero-order valence-corrected chi connectivity index (χ0v) is 20.8. The highest BCUT2D eigenvalue weighted by molar-refractivity contribution is 7.99. The van der Waals surface area contributed by atoms with Crippen molar-refractivity contribution < 1.29 is 9.47 Å². The Balaban J connectivity index is 0.00000259. The molecule has 0 amide bonds. The van der Waals surface area contributed by atoms with Gasteiger partial charge in [-0.25, -0.2) is 4.98 Å². The first-order valence-corrected chi connectivity index (χ1v) is 12.2. The van der Waals surface area contributed by atoms with E-state index < -0.39 is 0 Å². The van der Waals surface area contributed by atoms with Crippen LogP contribution in [0, 0.1) is 5.92 Å². The summed E-state index contributed by atoms with van der Waals surface area (Å²) in [6, 6.07) is 5.89.